The van der Waals surface area contributed by atoms with Gasteiger partial charge in [0.15, 0.2) is 0 Å². The van der Waals surface area contributed by atoms with Crippen LogP contribution in [-0.4, -0.2) is 30.8 Å². The number of alkyl carbamates (subject to hydrolysis) is 1. The summed E-state index contributed by atoms with van der Waals surface area (Å²) in [5.41, 5.74) is 1.15. The van der Waals surface area contributed by atoms with Gasteiger partial charge in [0.2, 0.25) is 0 Å². The molecule has 0 aliphatic rings. The Morgan fingerprint density at radius 3 is 2.25 bits per heavy atom. The van der Waals surface area contributed by atoms with Crippen molar-refractivity contribution in [2.45, 2.75) is 60.0 Å². The smallest absolute Gasteiger partial charge is 0.407 e. The van der Waals surface area contributed by atoms with Crippen molar-refractivity contribution in [3.63, 3.8) is 0 Å². The van der Waals surface area contributed by atoms with Crippen molar-refractivity contribution in [1.29, 1.82) is 0 Å². The largest absolute Gasteiger partial charge is 0.460 e. The van der Waals surface area contributed by atoms with Crippen LogP contribution in [0.2, 0.25) is 0 Å². The number of rotatable bonds is 7. The normalized spacial score (nSPS) is 12.5. The molecule has 0 aromatic heterocycles. The number of carbonyl (C=O) groups is 2. The second kappa shape index (κ2) is 8.61. The molecule has 0 spiro atoms. The lowest BCUT2D eigenvalue weighted by Gasteiger charge is -2.23. The van der Waals surface area contributed by atoms with Crippen LogP contribution in [0.3, 0.4) is 0 Å². The third kappa shape index (κ3) is 7.16. The molecule has 0 fully saturated rings. The van der Waals surface area contributed by atoms with Gasteiger partial charge in [-0.3, -0.25) is 0 Å². The van der Waals surface area contributed by atoms with Gasteiger partial charge in [0.1, 0.15) is 12.2 Å². The maximum Gasteiger partial charge on any atom is 0.407 e. The Morgan fingerprint density at radius 1 is 1.15 bits per heavy atom. The molecule has 0 aromatic rings. The predicted octanol–water partition coefficient (Wildman–Crippen LogP) is 3.19. The third-order valence-electron chi connectivity index (χ3n) is 3.30. The molecule has 20 heavy (non-hydrogen) atoms. The molecule has 0 heterocycles. The number of hydrogen-bond acceptors (Lipinski definition) is 4. The van der Waals surface area contributed by atoms with E-state index in [1.807, 2.05) is 34.6 Å². The van der Waals surface area contributed by atoms with Crippen LogP contribution in [0.5, 0.6) is 0 Å². The first-order valence-corrected chi connectivity index (χ1v) is 7.03. The summed E-state index contributed by atoms with van der Waals surface area (Å²) in [7, 11) is 0. The quantitative estimate of drug-likeness (QED) is 0.443. The highest BCUT2D eigenvalue weighted by molar-refractivity contribution is 5.88. The van der Waals surface area contributed by atoms with Gasteiger partial charge in [-0.15, -0.1) is 0 Å². The molecule has 0 aliphatic heterocycles. The van der Waals surface area contributed by atoms with Crippen LogP contribution >= 0.6 is 0 Å². The van der Waals surface area contributed by atoms with Gasteiger partial charge >= 0.3 is 12.1 Å². The van der Waals surface area contributed by atoms with Crippen LogP contribution in [0.1, 0.15) is 54.4 Å². The van der Waals surface area contributed by atoms with E-state index in [9.17, 15) is 9.59 Å². The fraction of sp³-hybridized carbons (Fsp3) is 0.733. The van der Waals surface area contributed by atoms with E-state index in [4.69, 9.17) is 9.47 Å². The van der Waals surface area contributed by atoms with Crippen LogP contribution in [-0.2, 0) is 14.3 Å². The fourth-order valence-electron chi connectivity index (χ4n) is 1.20. The molecular weight excluding hydrogens is 258 g/mol. The predicted molar refractivity (Wildman–Crippen MR) is 78.5 cm³/mol. The van der Waals surface area contributed by atoms with Crippen LogP contribution in [0.15, 0.2) is 11.1 Å². The van der Waals surface area contributed by atoms with Gasteiger partial charge in [-0.05, 0) is 40.5 Å². The average molecular weight is 285 g/mol. The molecule has 0 atom stereocenters. The molecule has 0 aliphatic carbocycles. The summed E-state index contributed by atoms with van der Waals surface area (Å²) < 4.78 is 10.3. The van der Waals surface area contributed by atoms with E-state index in [1.165, 1.54) is 0 Å². The zero-order valence-corrected chi connectivity index (χ0v) is 13.5. The topological polar surface area (TPSA) is 64.6 Å². The Labute approximate surface area is 121 Å². The number of allylic oxidation sites excluding steroid dienone is 1. The van der Waals surface area contributed by atoms with Crippen molar-refractivity contribution in [3.8, 4) is 0 Å². The summed E-state index contributed by atoms with van der Waals surface area (Å²) in [5.74, 6) is -0.339. The lowest BCUT2D eigenvalue weighted by Crippen LogP contribution is -2.35. The van der Waals surface area contributed by atoms with E-state index in [0.29, 0.717) is 5.57 Å². The monoisotopic (exact) mass is 285 g/mol. The van der Waals surface area contributed by atoms with Crippen molar-refractivity contribution >= 4 is 12.1 Å². The van der Waals surface area contributed by atoms with Gasteiger partial charge in [-0.25, -0.2) is 9.59 Å². The van der Waals surface area contributed by atoms with Crippen LogP contribution in [0.25, 0.3) is 0 Å². The average Bonchev–Trinajstić information content (AvgIpc) is 2.41. The minimum Gasteiger partial charge on any atom is -0.460 e. The highest BCUT2D eigenvalue weighted by atomic mass is 16.6. The lowest BCUT2D eigenvalue weighted by atomic mass is 10.1. The Kier molecular flexibility index (Phi) is 7.96. The number of amides is 1. The van der Waals surface area contributed by atoms with Crippen molar-refractivity contribution < 1.29 is 19.1 Å². The molecule has 5 heteroatoms. The molecule has 0 radical (unpaired) electrons. The van der Waals surface area contributed by atoms with Crippen molar-refractivity contribution in [1.82, 2.24) is 5.32 Å². The van der Waals surface area contributed by atoms with Gasteiger partial charge in [0, 0.05) is 5.57 Å². The highest BCUT2D eigenvalue weighted by Gasteiger charge is 2.19. The van der Waals surface area contributed by atoms with Crippen LogP contribution < -0.4 is 5.32 Å². The summed E-state index contributed by atoms with van der Waals surface area (Å²) in [6.45, 7) is 11.6. The number of carbonyl (C=O) groups excluding carboxylic acids is 2. The summed E-state index contributed by atoms with van der Waals surface area (Å²) >= 11 is 0. The van der Waals surface area contributed by atoms with E-state index < -0.39 is 11.7 Å². The Hall–Kier alpha value is -1.52. The molecule has 0 rings (SSSR count). The molecule has 0 saturated carbocycles. The number of nitrogens with one attached hydrogen (secondary N) is 1. The van der Waals surface area contributed by atoms with Crippen molar-refractivity contribution in [2.24, 2.45) is 0 Å². The van der Waals surface area contributed by atoms with Crippen molar-refractivity contribution in [2.75, 3.05) is 13.2 Å². The zero-order chi connectivity index (χ0) is 15.8. The first kappa shape index (κ1) is 18.5. The van der Waals surface area contributed by atoms with E-state index in [0.717, 1.165) is 18.4 Å². The van der Waals surface area contributed by atoms with Gasteiger partial charge < -0.3 is 14.8 Å². The first-order valence-electron chi connectivity index (χ1n) is 7.03. The summed E-state index contributed by atoms with van der Waals surface area (Å²) in [6, 6.07) is 0. The maximum absolute atomic E-state index is 11.6. The van der Waals surface area contributed by atoms with E-state index in [1.54, 1.807) is 6.92 Å². The molecule has 1 amide bonds. The standard InChI is InChI=1S/C15H27NO4/c1-7-11(3)12(4)13(17)19-10-9-16-14(18)20-15(5,6)8-2/h7-10H2,1-6H3,(H,16,18)/b12-11+. The minimum atomic E-state index is -0.495. The first-order chi connectivity index (χ1) is 9.23. The van der Waals surface area contributed by atoms with Crippen LogP contribution in [0, 0.1) is 0 Å². The molecule has 116 valence electrons. The molecular formula is C15H27NO4. The molecule has 0 unspecified atom stereocenters. The summed E-state index contributed by atoms with van der Waals surface area (Å²) in [6.07, 6.45) is 1.05. The number of hydrogen-bond donors (Lipinski definition) is 1. The molecule has 0 saturated heterocycles. The molecule has 0 aromatic carbocycles. The molecule has 0 bridgehead atoms. The number of esters is 1. The van der Waals surface area contributed by atoms with Crippen LogP contribution in [0.4, 0.5) is 4.79 Å². The van der Waals surface area contributed by atoms with Gasteiger partial charge in [-0.2, -0.15) is 0 Å². The fourth-order valence-corrected chi connectivity index (χ4v) is 1.20. The minimum absolute atomic E-state index is 0.134. The Morgan fingerprint density at radius 2 is 1.75 bits per heavy atom. The van der Waals surface area contributed by atoms with E-state index in [2.05, 4.69) is 5.32 Å². The van der Waals surface area contributed by atoms with E-state index >= 15 is 0 Å². The second-order valence-corrected chi connectivity index (χ2v) is 5.32. The SMILES string of the molecule is CC/C(C)=C(\C)C(=O)OCCNC(=O)OC(C)(C)CC. The third-order valence-corrected chi connectivity index (χ3v) is 3.30. The summed E-state index contributed by atoms with van der Waals surface area (Å²) in [4.78, 5) is 23.1. The van der Waals surface area contributed by atoms with Gasteiger partial charge in [0.25, 0.3) is 0 Å². The maximum atomic E-state index is 11.6. The summed E-state index contributed by atoms with van der Waals surface area (Å²) in [5, 5.41) is 2.56. The van der Waals surface area contributed by atoms with E-state index in [-0.39, 0.29) is 19.1 Å². The van der Waals surface area contributed by atoms with Gasteiger partial charge in [0.05, 0.1) is 6.54 Å². The Bertz CT molecular complexity index is 372. The molecule has 5 nitrogen and oxygen atoms in total. The lowest BCUT2D eigenvalue weighted by molar-refractivity contribution is -0.138. The molecule has 1 N–H and O–H groups in total. The van der Waals surface area contributed by atoms with Gasteiger partial charge in [-0.1, -0.05) is 19.4 Å². The highest BCUT2D eigenvalue weighted by Crippen LogP contribution is 2.13. The second-order valence-electron chi connectivity index (χ2n) is 5.32. The number of ether oxygens (including phenoxy) is 2. The zero-order valence-electron chi connectivity index (χ0n) is 13.5. The Balaban J connectivity index is 3.99. The van der Waals surface area contributed by atoms with Crippen molar-refractivity contribution in [3.05, 3.63) is 11.1 Å².